The van der Waals surface area contributed by atoms with Gasteiger partial charge in [-0.15, -0.1) is 11.3 Å². The maximum atomic E-state index is 5.48. The molecule has 1 aromatic carbocycles. The average molecular weight is 384 g/mol. The van der Waals surface area contributed by atoms with Gasteiger partial charge >= 0.3 is 0 Å². The van der Waals surface area contributed by atoms with Crippen LogP contribution in [0.15, 0.2) is 23.6 Å². The van der Waals surface area contributed by atoms with Gasteiger partial charge in [-0.1, -0.05) is 0 Å². The second-order valence-corrected chi connectivity index (χ2v) is 7.14. The van der Waals surface area contributed by atoms with Crippen molar-refractivity contribution in [1.82, 2.24) is 9.97 Å². The fraction of sp³-hybridized carbons (Fsp3) is 0.316. The summed E-state index contributed by atoms with van der Waals surface area (Å²) >= 11 is 1.75. The first-order chi connectivity index (χ1) is 13.3. The summed E-state index contributed by atoms with van der Waals surface area (Å²) in [6.45, 7) is 0. The zero-order valence-corrected chi connectivity index (χ0v) is 16.2. The van der Waals surface area contributed by atoms with Crippen molar-refractivity contribution in [3.05, 3.63) is 34.5 Å². The van der Waals surface area contributed by atoms with Gasteiger partial charge in [0.2, 0.25) is 5.75 Å². The Hall–Kier alpha value is -2.87. The topological polar surface area (TPSA) is 77.9 Å². The molecule has 0 saturated carbocycles. The summed E-state index contributed by atoms with van der Waals surface area (Å²) in [5.41, 5.74) is 5.19. The normalized spacial score (nSPS) is 13.1. The Labute approximate surface area is 161 Å². The summed E-state index contributed by atoms with van der Waals surface area (Å²) in [7, 11) is 4.76. The van der Waals surface area contributed by atoms with Crippen LogP contribution in [-0.4, -0.2) is 37.5 Å². The van der Waals surface area contributed by atoms with Gasteiger partial charge < -0.3 is 14.2 Å². The fourth-order valence-electron chi connectivity index (χ4n) is 3.40. The monoisotopic (exact) mass is 384 g/mol. The number of anilines is 1. The summed E-state index contributed by atoms with van der Waals surface area (Å²) in [6, 6.07) is 3.68. The number of fused-ring (bicyclic) bond motifs is 3. The molecule has 0 saturated heterocycles. The highest BCUT2D eigenvalue weighted by atomic mass is 32.1. The molecular weight excluding hydrogens is 364 g/mol. The molecular formula is C19H20N4O3S. The van der Waals surface area contributed by atoms with Gasteiger partial charge in [0, 0.05) is 10.4 Å². The highest BCUT2D eigenvalue weighted by Crippen LogP contribution is 2.40. The van der Waals surface area contributed by atoms with E-state index in [4.69, 9.17) is 14.2 Å². The largest absolute Gasteiger partial charge is 0.493 e. The first kappa shape index (κ1) is 17.5. The number of aromatic nitrogens is 2. The van der Waals surface area contributed by atoms with Crippen LogP contribution in [0.3, 0.4) is 0 Å². The molecule has 140 valence electrons. The number of benzene rings is 1. The van der Waals surface area contributed by atoms with Crippen molar-refractivity contribution in [2.45, 2.75) is 19.3 Å². The van der Waals surface area contributed by atoms with Gasteiger partial charge in [0.1, 0.15) is 11.2 Å². The Kier molecular flexibility index (Phi) is 4.81. The van der Waals surface area contributed by atoms with Crippen molar-refractivity contribution in [1.29, 1.82) is 0 Å². The van der Waals surface area contributed by atoms with Gasteiger partial charge in [-0.25, -0.2) is 9.97 Å². The Bertz CT molecular complexity index is 1020. The summed E-state index contributed by atoms with van der Waals surface area (Å²) in [4.78, 5) is 11.2. The quantitative estimate of drug-likeness (QED) is 0.516. The third-order valence-electron chi connectivity index (χ3n) is 4.61. The number of rotatable bonds is 6. The lowest BCUT2D eigenvalue weighted by molar-refractivity contribution is 0.324. The highest BCUT2D eigenvalue weighted by molar-refractivity contribution is 7.19. The van der Waals surface area contributed by atoms with E-state index in [-0.39, 0.29) is 0 Å². The van der Waals surface area contributed by atoms with Gasteiger partial charge in [0.15, 0.2) is 17.3 Å². The van der Waals surface area contributed by atoms with Crippen molar-refractivity contribution in [3.63, 3.8) is 0 Å². The smallest absolute Gasteiger partial charge is 0.203 e. The third kappa shape index (κ3) is 3.06. The molecule has 1 aliphatic rings. The fourth-order valence-corrected chi connectivity index (χ4v) is 4.63. The number of methoxy groups -OCH3 is 3. The lowest BCUT2D eigenvalue weighted by Gasteiger charge is -2.13. The number of nitrogens with zero attached hydrogens (tertiary/aromatic N) is 3. The molecule has 2 heterocycles. The van der Waals surface area contributed by atoms with Gasteiger partial charge in [-0.05, 0) is 37.0 Å². The molecule has 7 nitrogen and oxygen atoms in total. The van der Waals surface area contributed by atoms with Crippen LogP contribution >= 0.6 is 11.3 Å². The molecule has 4 rings (SSSR count). The standard InChI is InChI=1S/C19H20N4O3S/c1-24-13-8-7-11(16(25-2)17(13)26-3)9-22-23-18-15-12-5-4-6-14(12)27-19(15)21-10-20-18/h7-10H,4-6H2,1-3H3,(H,20,21,23)/b22-9-. The molecule has 2 aromatic heterocycles. The molecule has 0 amide bonds. The minimum absolute atomic E-state index is 0.532. The first-order valence-electron chi connectivity index (χ1n) is 8.60. The van der Waals surface area contributed by atoms with E-state index in [9.17, 15) is 0 Å². The SMILES string of the molecule is COc1ccc(/C=N\Nc2ncnc3sc4c(c23)CCC4)c(OC)c1OC. The summed E-state index contributed by atoms with van der Waals surface area (Å²) in [5.74, 6) is 2.43. The van der Waals surface area contributed by atoms with Gasteiger partial charge in [0.05, 0.1) is 32.9 Å². The summed E-state index contributed by atoms with van der Waals surface area (Å²) in [6.07, 6.45) is 6.65. The molecule has 0 atom stereocenters. The number of thiophene rings is 1. The highest BCUT2D eigenvalue weighted by Gasteiger charge is 2.21. The number of aryl methyl sites for hydroxylation is 2. The van der Waals surface area contributed by atoms with Gasteiger partial charge in [0.25, 0.3) is 0 Å². The average Bonchev–Trinajstić information content (AvgIpc) is 3.28. The third-order valence-corrected chi connectivity index (χ3v) is 5.81. The summed E-state index contributed by atoms with van der Waals surface area (Å²) in [5, 5.41) is 5.46. The molecule has 0 unspecified atom stereocenters. The van der Waals surface area contributed by atoms with E-state index in [1.54, 1.807) is 45.2 Å². The Morgan fingerprint density at radius 2 is 1.93 bits per heavy atom. The lowest BCUT2D eigenvalue weighted by atomic mass is 10.2. The van der Waals surface area contributed by atoms with E-state index in [1.165, 1.54) is 16.9 Å². The lowest BCUT2D eigenvalue weighted by Crippen LogP contribution is -2.00. The predicted octanol–water partition coefficient (Wildman–Crippen LogP) is 3.65. The molecule has 8 heteroatoms. The van der Waals surface area contributed by atoms with Crippen molar-refractivity contribution in [2.24, 2.45) is 5.10 Å². The van der Waals surface area contributed by atoms with Crippen LogP contribution in [0.2, 0.25) is 0 Å². The van der Waals surface area contributed by atoms with Crippen LogP contribution in [0, 0.1) is 0 Å². The maximum absolute atomic E-state index is 5.48. The molecule has 0 radical (unpaired) electrons. The van der Waals surface area contributed by atoms with Crippen molar-refractivity contribution in [3.8, 4) is 17.2 Å². The zero-order valence-electron chi connectivity index (χ0n) is 15.4. The molecule has 0 bridgehead atoms. The summed E-state index contributed by atoms with van der Waals surface area (Å²) < 4.78 is 16.2. The van der Waals surface area contributed by atoms with Crippen LogP contribution in [0.4, 0.5) is 5.82 Å². The van der Waals surface area contributed by atoms with Crippen LogP contribution < -0.4 is 19.6 Å². The van der Waals surface area contributed by atoms with E-state index in [2.05, 4.69) is 20.5 Å². The first-order valence-corrected chi connectivity index (χ1v) is 9.41. The molecule has 1 aliphatic carbocycles. The Morgan fingerprint density at radius 1 is 1.07 bits per heavy atom. The number of hydrogen-bond acceptors (Lipinski definition) is 8. The molecule has 27 heavy (non-hydrogen) atoms. The van der Waals surface area contributed by atoms with Crippen molar-refractivity contribution >= 4 is 33.6 Å². The van der Waals surface area contributed by atoms with E-state index in [0.717, 1.165) is 34.4 Å². The minimum atomic E-state index is 0.532. The number of hydrogen-bond donors (Lipinski definition) is 1. The maximum Gasteiger partial charge on any atom is 0.203 e. The van der Waals surface area contributed by atoms with E-state index in [0.29, 0.717) is 17.2 Å². The Balaban J connectivity index is 1.65. The molecule has 1 N–H and O–H groups in total. The second kappa shape index (κ2) is 7.40. The molecule has 3 aromatic rings. The minimum Gasteiger partial charge on any atom is -0.493 e. The van der Waals surface area contributed by atoms with Crippen molar-refractivity contribution < 1.29 is 14.2 Å². The number of ether oxygens (including phenoxy) is 3. The van der Waals surface area contributed by atoms with Crippen LogP contribution in [0.1, 0.15) is 22.4 Å². The zero-order chi connectivity index (χ0) is 18.8. The number of hydrazone groups is 1. The molecule has 0 fully saturated rings. The second-order valence-electron chi connectivity index (χ2n) is 6.05. The van der Waals surface area contributed by atoms with E-state index >= 15 is 0 Å². The predicted molar refractivity (Wildman–Crippen MR) is 107 cm³/mol. The van der Waals surface area contributed by atoms with Crippen LogP contribution in [0.5, 0.6) is 17.2 Å². The molecule has 0 aliphatic heterocycles. The molecule has 0 spiro atoms. The van der Waals surface area contributed by atoms with E-state index in [1.807, 2.05) is 12.1 Å². The van der Waals surface area contributed by atoms with E-state index < -0.39 is 0 Å². The van der Waals surface area contributed by atoms with Gasteiger partial charge in [-0.3, -0.25) is 5.43 Å². The van der Waals surface area contributed by atoms with Crippen LogP contribution in [-0.2, 0) is 12.8 Å². The van der Waals surface area contributed by atoms with Crippen LogP contribution in [0.25, 0.3) is 10.2 Å². The Morgan fingerprint density at radius 3 is 2.70 bits per heavy atom. The van der Waals surface area contributed by atoms with Gasteiger partial charge in [-0.2, -0.15) is 5.10 Å². The number of nitrogens with one attached hydrogen (secondary N) is 1. The van der Waals surface area contributed by atoms with Crippen molar-refractivity contribution in [2.75, 3.05) is 26.8 Å².